The summed E-state index contributed by atoms with van der Waals surface area (Å²) in [5, 5.41) is 19.2. The monoisotopic (exact) mass is 547 g/mol. The minimum Gasteiger partial charge on any atom is -0.493 e. The molecule has 0 radical (unpaired) electrons. The van der Waals surface area contributed by atoms with Crippen LogP contribution in [0.15, 0.2) is 40.7 Å². The van der Waals surface area contributed by atoms with E-state index in [4.69, 9.17) is 9.47 Å². The molecule has 1 aromatic heterocycles. The first-order chi connectivity index (χ1) is 14.0. The van der Waals surface area contributed by atoms with E-state index in [1.807, 2.05) is 43.5 Å². The van der Waals surface area contributed by atoms with Crippen LogP contribution in [-0.4, -0.2) is 44.4 Å². The van der Waals surface area contributed by atoms with Crippen molar-refractivity contribution in [1.82, 2.24) is 10.6 Å². The van der Waals surface area contributed by atoms with E-state index in [0.29, 0.717) is 19.1 Å². The average Bonchev–Trinajstić information content (AvgIpc) is 3.26. The maximum Gasteiger partial charge on any atom is 0.191 e. The van der Waals surface area contributed by atoms with Crippen molar-refractivity contribution in [3.8, 4) is 11.5 Å². The quantitative estimate of drug-likeness (QED) is 0.171. The molecular formula is C22H34IN3O3S. The van der Waals surface area contributed by atoms with Crippen molar-refractivity contribution in [2.45, 2.75) is 39.2 Å². The first-order valence-corrected chi connectivity index (χ1v) is 11.0. The highest BCUT2D eigenvalue weighted by molar-refractivity contribution is 14.0. The molecule has 0 saturated heterocycles. The van der Waals surface area contributed by atoms with Crippen molar-refractivity contribution >= 4 is 41.3 Å². The molecule has 2 rings (SSSR count). The van der Waals surface area contributed by atoms with Crippen LogP contribution in [-0.2, 0) is 12.0 Å². The molecule has 1 heterocycles. The Labute approximate surface area is 201 Å². The zero-order chi connectivity index (χ0) is 21.1. The Kier molecular flexibility index (Phi) is 12.1. The maximum atomic E-state index is 10.7. The Hall–Kier alpha value is -1.52. The Morgan fingerprint density at radius 1 is 1.20 bits per heavy atom. The van der Waals surface area contributed by atoms with Crippen LogP contribution in [0.25, 0.3) is 0 Å². The molecule has 2 aromatic rings. The molecule has 168 valence electrons. The van der Waals surface area contributed by atoms with Crippen LogP contribution in [0.2, 0.25) is 0 Å². The van der Waals surface area contributed by atoms with Crippen molar-refractivity contribution in [2.75, 3.05) is 33.4 Å². The lowest BCUT2D eigenvalue weighted by Gasteiger charge is -2.20. The van der Waals surface area contributed by atoms with Gasteiger partial charge in [-0.25, -0.2) is 4.99 Å². The first kappa shape index (κ1) is 26.5. The number of halogens is 1. The van der Waals surface area contributed by atoms with Crippen LogP contribution in [0.4, 0.5) is 0 Å². The van der Waals surface area contributed by atoms with Crippen molar-refractivity contribution in [1.29, 1.82) is 0 Å². The Balaban J connectivity index is 0.00000450. The predicted octanol–water partition coefficient (Wildman–Crippen LogP) is 4.17. The van der Waals surface area contributed by atoms with Crippen molar-refractivity contribution in [2.24, 2.45) is 4.99 Å². The fraction of sp³-hybridized carbons (Fsp3) is 0.500. The summed E-state index contributed by atoms with van der Waals surface area (Å²) in [6.07, 6.45) is 1.87. The van der Waals surface area contributed by atoms with Crippen LogP contribution in [0, 0.1) is 0 Å². The number of ether oxygens (including phenoxy) is 2. The number of nitrogens with zero attached hydrogens (tertiary/aromatic N) is 1. The normalized spacial score (nSPS) is 13.2. The van der Waals surface area contributed by atoms with Gasteiger partial charge in [0, 0.05) is 18.0 Å². The largest absolute Gasteiger partial charge is 0.493 e. The lowest BCUT2D eigenvalue weighted by Crippen LogP contribution is -2.39. The number of aliphatic imine (C=N–C) groups is 1. The molecule has 30 heavy (non-hydrogen) atoms. The van der Waals surface area contributed by atoms with Gasteiger partial charge in [0.25, 0.3) is 0 Å². The van der Waals surface area contributed by atoms with Crippen molar-refractivity contribution < 1.29 is 14.6 Å². The molecule has 0 aliphatic heterocycles. The van der Waals surface area contributed by atoms with E-state index in [1.165, 1.54) is 5.56 Å². The molecule has 0 saturated carbocycles. The highest BCUT2D eigenvalue weighted by atomic mass is 127. The molecule has 0 bridgehead atoms. The summed E-state index contributed by atoms with van der Waals surface area (Å²) in [6.45, 7) is 8.25. The molecule has 1 aromatic carbocycles. The summed E-state index contributed by atoms with van der Waals surface area (Å²) in [6, 6.07) is 9.94. The number of methoxy groups -OCH3 is 1. The van der Waals surface area contributed by atoms with Gasteiger partial charge >= 0.3 is 0 Å². The van der Waals surface area contributed by atoms with Crippen molar-refractivity contribution in [3.05, 3.63) is 46.2 Å². The summed E-state index contributed by atoms with van der Waals surface area (Å²) < 4.78 is 11.0. The fourth-order valence-corrected chi connectivity index (χ4v) is 3.66. The Morgan fingerprint density at radius 2 is 2.00 bits per heavy atom. The fourth-order valence-electron chi connectivity index (χ4n) is 2.88. The molecule has 0 amide bonds. The molecule has 0 spiro atoms. The van der Waals surface area contributed by atoms with E-state index in [-0.39, 0.29) is 24.0 Å². The van der Waals surface area contributed by atoms with E-state index in [9.17, 15) is 5.11 Å². The number of thiophene rings is 1. The second-order valence-electron chi connectivity index (χ2n) is 6.89. The highest BCUT2D eigenvalue weighted by Gasteiger charge is 2.23. The lowest BCUT2D eigenvalue weighted by atomic mass is 10.1. The van der Waals surface area contributed by atoms with Crippen LogP contribution >= 0.6 is 35.3 Å². The van der Waals surface area contributed by atoms with Gasteiger partial charge in [-0.15, -0.1) is 35.3 Å². The topological polar surface area (TPSA) is 75.1 Å². The van der Waals surface area contributed by atoms with Gasteiger partial charge in [-0.3, -0.25) is 0 Å². The van der Waals surface area contributed by atoms with Crippen LogP contribution < -0.4 is 20.1 Å². The number of nitrogens with one attached hydrogen (secondary N) is 2. The van der Waals surface area contributed by atoms with E-state index >= 15 is 0 Å². The molecular weight excluding hydrogens is 513 g/mol. The summed E-state index contributed by atoms with van der Waals surface area (Å²) >= 11 is 1.54. The number of aryl methyl sites for hydroxylation is 1. The summed E-state index contributed by atoms with van der Waals surface area (Å²) in [4.78, 5) is 5.48. The third-order valence-electron chi connectivity index (χ3n) is 4.40. The summed E-state index contributed by atoms with van der Waals surface area (Å²) in [5.74, 6) is 2.26. The third-order valence-corrected chi connectivity index (χ3v) is 5.53. The zero-order valence-electron chi connectivity index (χ0n) is 18.2. The van der Waals surface area contributed by atoms with Gasteiger partial charge in [0.2, 0.25) is 0 Å². The van der Waals surface area contributed by atoms with E-state index in [2.05, 4.69) is 21.7 Å². The van der Waals surface area contributed by atoms with Gasteiger partial charge in [-0.2, -0.15) is 0 Å². The number of benzene rings is 1. The number of rotatable bonds is 11. The molecule has 1 atom stereocenters. The minimum absolute atomic E-state index is 0. The molecule has 8 heteroatoms. The smallest absolute Gasteiger partial charge is 0.191 e. The standard InChI is InChI=1S/C22H33N3O3S.HI/c1-5-23-21(25-16-22(3,26)20-10-8-14-29-20)24-13-7-9-17-11-12-18(27-4)19(15-17)28-6-2;/h8,10-12,14-15,26H,5-7,9,13,16H2,1-4H3,(H2,23,24,25);1H. The minimum atomic E-state index is -0.963. The number of guanidine groups is 1. The first-order valence-electron chi connectivity index (χ1n) is 10.1. The SMILES string of the molecule is CCNC(=NCC(C)(O)c1cccs1)NCCCc1ccc(OC)c(OCC)c1.I. The highest BCUT2D eigenvalue weighted by Crippen LogP contribution is 2.28. The van der Waals surface area contributed by atoms with Crippen LogP contribution in [0.1, 0.15) is 37.6 Å². The Morgan fingerprint density at radius 3 is 2.63 bits per heavy atom. The van der Waals surface area contributed by atoms with Gasteiger partial charge in [-0.1, -0.05) is 12.1 Å². The average molecular weight is 548 g/mol. The molecule has 1 unspecified atom stereocenters. The number of hydrogen-bond donors (Lipinski definition) is 3. The maximum absolute atomic E-state index is 10.7. The van der Waals surface area contributed by atoms with Crippen LogP contribution in [0.3, 0.4) is 0 Å². The van der Waals surface area contributed by atoms with Gasteiger partial charge in [0.15, 0.2) is 17.5 Å². The van der Waals surface area contributed by atoms with E-state index in [1.54, 1.807) is 25.4 Å². The zero-order valence-corrected chi connectivity index (χ0v) is 21.4. The molecule has 6 nitrogen and oxygen atoms in total. The number of aliphatic hydroxyl groups is 1. The van der Waals surface area contributed by atoms with Gasteiger partial charge in [-0.05, 0) is 62.8 Å². The molecule has 0 fully saturated rings. The lowest BCUT2D eigenvalue weighted by molar-refractivity contribution is 0.0711. The number of hydrogen-bond acceptors (Lipinski definition) is 5. The van der Waals surface area contributed by atoms with Gasteiger partial charge in [0.05, 0.1) is 20.3 Å². The summed E-state index contributed by atoms with van der Waals surface area (Å²) in [7, 11) is 1.65. The van der Waals surface area contributed by atoms with Crippen LogP contribution in [0.5, 0.6) is 11.5 Å². The van der Waals surface area contributed by atoms with E-state index < -0.39 is 5.60 Å². The second kappa shape index (κ2) is 13.7. The molecule has 0 aliphatic carbocycles. The Bertz CT molecular complexity index is 767. The third kappa shape index (κ3) is 8.31. The van der Waals surface area contributed by atoms with Gasteiger partial charge < -0.3 is 25.2 Å². The molecule has 0 aliphatic rings. The van der Waals surface area contributed by atoms with Crippen molar-refractivity contribution in [3.63, 3.8) is 0 Å². The second-order valence-corrected chi connectivity index (χ2v) is 7.84. The van der Waals surface area contributed by atoms with Gasteiger partial charge in [0.1, 0.15) is 5.60 Å². The summed E-state index contributed by atoms with van der Waals surface area (Å²) in [5.41, 5.74) is 0.244. The predicted molar refractivity (Wildman–Crippen MR) is 136 cm³/mol. The van der Waals surface area contributed by atoms with E-state index in [0.717, 1.165) is 42.3 Å². The molecule has 3 N–H and O–H groups in total.